The van der Waals surface area contributed by atoms with Crippen molar-refractivity contribution in [3.8, 4) is 11.6 Å². The third kappa shape index (κ3) is 2.82. The summed E-state index contributed by atoms with van der Waals surface area (Å²) in [6.07, 6.45) is 0. The van der Waals surface area contributed by atoms with E-state index in [9.17, 15) is 4.39 Å². The molecule has 0 saturated heterocycles. The molecule has 3 rings (SSSR count). The van der Waals surface area contributed by atoms with Gasteiger partial charge in [0.1, 0.15) is 11.6 Å². The van der Waals surface area contributed by atoms with Crippen LogP contribution in [-0.4, -0.2) is 4.98 Å². The first-order chi connectivity index (χ1) is 10.2. The third-order valence-corrected chi connectivity index (χ3v) is 3.38. The largest absolute Gasteiger partial charge is 0.437 e. The second-order valence-corrected chi connectivity index (χ2v) is 4.93. The predicted octanol–water partition coefficient (Wildman–Crippen LogP) is 4.28. The molecule has 0 radical (unpaired) electrons. The maximum atomic E-state index is 13.1. The van der Waals surface area contributed by atoms with Crippen molar-refractivity contribution in [2.45, 2.75) is 6.54 Å². The molecule has 0 amide bonds. The van der Waals surface area contributed by atoms with Crippen LogP contribution in [0.5, 0.6) is 11.6 Å². The van der Waals surface area contributed by atoms with Crippen LogP contribution >= 0.6 is 11.6 Å². The Kier molecular flexibility index (Phi) is 3.73. The van der Waals surface area contributed by atoms with Gasteiger partial charge in [-0.25, -0.2) is 9.37 Å². The van der Waals surface area contributed by atoms with Crippen LogP contribution in [0.2, 0.25) is 5.02 Å². The molecule has 106 valence electrons. The number of nitrogens with zero attached hydrogens (tertiary/aromatic N) is 1. The van der Waals surface area contributed by atoms with E-state index < -0.39 is 5.82 Å². The van der Waals surface area contributed by atoms with Gasteiger partial charge >= 0.3 is 0 Å². The van der Waals surface area contributed by atoms with Crippen molar-refractivity contribution in [2.75, 3.05) is 0 Å². The smallest absolute Gasteiger partial charge is 0.224 e. The quantitative estimate of drug-likeness (QED) is 0.785. The monoisotopic (exact) mass is 302 g/mol. The molecular weight excluding hydrogens is 291 g/mol. The van der Waals surface area contributed by atoms with Crippen LogP contribution in [0.25, 0.3) is 10.9 Å². The van der Waals surface area contributed by atoms with Crippen LogP contribution in [0.4, 0.5) is 4.39 Å². The second-order valence-electron chi connectivity index (χ2n) is 4.53. The van der Waals surface area contributed by atoms with Gasteiger partial charge in [-0.1, -0.05) is 29.8 Å². The number of pyridine rings is 1. The van der Waals surface area contributed by atoms with Crippen LogP contribution < -0.4 is 10.5 Å². The molecule has 2 N–H and O–H groups in total. The van der Waals surface area contributed by atoms with Crippen LogP contribution in [0, 0.1) is 5.82 Å². The van der Waals surface area contributed by atoms with E-state index in [2.05, 4.69) is 4.98 Å². The van der Waals surface area contributed by atoms with Gasteiger partial charge in [0.05, 0.1) is 10.5 Å². The van der Waals surface area contributed by atoms with Crippen molar-refractivity contribution in [3.63, 3.8) is 0 Å². The number of aromatic nitrogens is 1. The summed E-state index contributed by atoms with van der Waals surface area (Å²) in [7, 11) is 0. The molecule has 3 nitrogen and oxygen atoms in total. The first-order valence-corrected chi connectivity index (χ1v) is 6.77. The average Bonchev–Trinajstić information content (AvgIpc) is 2.49. The average molecular weight is 303 g/mol. The summed E-state index contributed by atoms with van der Waals surface area (Å²) < 4.78 is 18.8. The van der Waals surface area contributed by atoms with E-state index >= 15 is 0 Å². The standard InChI is InChI=1S/C16H12ClFN2O/c17-13-8-12(18)5-6-15(13)21-16-11(9-19)7-10-3-1-2-4-14(10)20-16/h1-8H,9,19H2. The van der Waals surface area contributed by atoms with Crippen molar-refractivity contribution in [1.82, 2.24) is 4.98 Å². The molecule has 0 spiro atoms. The van der Waals surface area contributed by atoms with Gasteiger partial charge < -0.3 is 10.5 Å². The summed E-state index contributed by atoms with van der Waals surface area (Å²) in [5, 5.41) is 1.17. The van der Waals surface area contributed by atoms with Gasteiger partial charge in [0.25, 0.3) is 0 Å². The Bertz CT molecular complexity index is 807. The molecule has 0 aliphatic heterocycles. The lowest BCUT2D eigenvalue weighted by atomic mass is 10.1. The minimum absolute atomic E-state index is 0.188. The highest BCUT2D eigenvalue weighted by Crippen LogP contribution is 2.31. The molecule has 3 aromatic rings. The number of halogens is 2. The Hall–Kier alpha value is -2.17. The molecule has 1 heterocycles. The highest BCUT2D eigenvalue weighted by molar-refractivity contribution is 6.32. The summed E-state index contributed by atoms with van der Waals surface area (Å²) in [6.45, 7) is 0.284. The van der Waals surface area contributed by atoms with E-state index in [1.54, 1.807) is 0 Å². The first kappa shape index (κ1) is 13.8. The Morgan fingerprint density at radius 2 is 1.95 bits per heavy atom. The van der Waals surface area contributed by atoms with Crippen molar-refractivity contribution in [1.29, 1.82) is 0 Å². The van der Waals surface area contributed by atoms with E-state index in [4.69, 9.17) is 22.1 Å². The SMILES string of the molecule is NCc1cc2ccccc2nc1Oc1ccc(F)cc1Cl. The lowest BCUT2D eigenvalue weighted by molar-refractivity contribution is 0.457. The van der Waals surface area contributed by atoms with Crippen molar-refractivity contribution < 1.29 is 9.13 Å². The van der Waals surface area contributed by atoms with E-state index in [0.717, 1.165) is 16.5 Å². The molecule has 5 heteroatoms. The number of nitrogens with two attached hydrogens (primary N) is 1. The number of fused-ring (bicyclic) bond motifs is 1. The van der Waals surface area contributed by atoms with Gasteiger partial charge in [-0.2, -0.15) is 0 Å². The zero-order valence-corrected chi connectivity index (χ0v) is 11.8. The first-order valence-electron chi connectivity index (χ1n) is 6.39. The summed E-state index contributed by atoms with van der Waals surface area (Å²) in [4.78, 5) is 4.45. The summed E-state index contributed by atoms with van der Waals surface area (Å²) in [6, 6.07) is 13.5. The topological polar surface area (TPSA) is 48.1 Å². The van der Waals surface area contributed by atoms with Gasteiger partial charge in [-0.3, -0.25) is 0 Å². The van der Waals surface area contributed by atoms with Gasteiger partial charge in [0.15, 0.2) is 0 Å². The fraction of sp³-hybridized carbons (Fsp3) is 0.0625. The van der Waals surface area contributed by atoms with Gasteiger partial charge in [-0.15, -0.1) is 0 Å². The highest BCUT2D eigenvalue weighted by Gasteiger charge is 2.11. The maximum absolute atomic E-state index is 13.1. The van der Waals surface area contributed by atoms with E-state index in [1.807, 2.05) is 30.3 Å². The summed E-state index contributed by atoms with van der Waals surface area (Å²) in [5.41, 5.74) is 7.30. The Balaban J connectivity index is 2.06. The maximum Gasteiger partial charge on any atom is 0.224 e. The minimum atomic E-state index is -0.419. The minimum Gasteiger partial charge on any atom is -0.437 e. The van der Waals surface area contributed by atoms with E-state index in [0.29, 0.717) is 11.6 Å². The molecule has 0 atom stereocenters. The number of rotatable bonds is 3. The molecule has 1 aromatic heterocycles. The highest BCUT2D eigenvalue weighted by atomic mass is 35.5. The lowest BCUT2D eigenvalue weighted by Gasteiger charge is -2.11. The Morgan fingerprint density at radius 3 is 2.71 bits per heavy atom. The number of ether oxygens (including phenoxy) is 1. The van der Waals surface area contributed by atoms with Gasteiger partial charge in [0, 0.05) is 17.5 Å². The molecule has 0 fully saturated rings. The Morgan fingerprint density at radius 1 is 1.14 bits per heavy atom. The fourth-order valence-electron chi connectivity index (χ4n) is 2.04. The van der Waals surface area contributed by atoms with Crippen molar-refractivity contribution in [3.05, 3.63) is 64.9 Å². The van der Waals surface area contributed by atoms with Crippen LogP contribution in [0.3, 0.4) is 0 Å². The zero-order chi connectivity index (χ0) is 14.8. The molecule has 0 aliphatic rings. The molecule has 2 aromatic carbocycles. The Labute approximate surface area is 126 Å². The molecule has 21 heavy (non-hydrogen) atoms. The van der Waals surface area contributed by atoms with E-state index in [1.165, 1.54) is 18.2 Å². The molecule has 0 unspecified atom stereocenters. The second kappa shape index (κ2) is 5.68. The number of hydrogen-bond donors (Lipinski definition) is 1. The van der Waals surface area contributed by atoms with Gasteiger partial charge in [0.2, 0.25) is 5.88 Å². The zero-order valence-electron chi connectivity index (χ0n) is 11.0. The molecule has 0 saturated carbocycles. The molecule has 0 aliphatic carbocycles. The van der Waals surface area contributed by atoms with Crippen LogP contribution in [-0.2, 0) is 6.54 Å². The lowest BCUT2D eigenvalue weighted by Crippen LogP contribution is -2.02. The van der Waals surface area contributed by atoms with Crippen molar-refractivity contribution >= 4 is 22.5 Å². The number of hydrogen-bond acceptors (Lipinski definition) is 3. The number of benzene rings is 2. The molecular formula is C16H12ClFN2O. The third-order valence-electron chi connectivity index (χ3n) is 3.08. The van der Waals surface area contributed by atoms with Crippen LogP contribution in [0.15, 0.2) is 48.5 Å². The number of para-hydroxylation sites is 1. The van der Waals surface area contributed by atoms with Crippen LogP contribution in [0.1, 0.15) is 5.56 Å². The summed E-state index contributed by atoms with van der Waals surface area (Å²) >= 11 is 5.97. The molecule has 0 bridgehead atoms. The normalized spacial score (nSPS) is 10.8. The predicted molar refractivity (Wildman–Crippen MR) is 81.1 cm³/mol. The van der Waals surface area contributed by atoms with Crippen molar-refractivity contribution in [2.24, 2.45) is 5.73 Å². The van der Waals surface area contributed by atoms with E-state index in [-0.39, 0.29) is 11.6 Å². The fourth-order valence-corrected chi connectivity index (χ4v) is 2.24. The summed E-state index contributed by atoms with van der Waals surface area (Å²) in [5.74, 6) is 0.304. The van der Waals surface area contributed by atoms with Gasteiger partial charge in [-0.05, 0) is 30.3 Å².